The standard InChI is InChI=1S/C21H28ClN3O3.HI/c1-5-23-21(24-13-19(26)16-8-6-7-9-18(16)22)25-14(2)17-12-15(27-3)10-11-20(17)28-4;/h6-12,14,19,26H,5,13H2,1-4H3,(H2,23,24,25);1H. The van der Waals surface area contributed by atoms with Crippen LogP contribution in [0.2, 0.25) is 5.02 Å². The first-order valence-corrected chi connectivity index (χ1v) is 9.57. The molecule has 2 atom stereocenters. The lowest BCUT2D eigenvalue weighted by Gasteiger charge is -2.21. The molecule has 3 N–H and O–H groups in total. The van der Waals surface area contributed by atoms with Crippen LogP contribution in [0.1, 0.15) is 37.1 Å². The maximum absolute atomic E-state index is 10.4. The Morgan fingerprint density at radius 1 is 1.14 bits per heavy atom. The van der Waals surface area contributed by atoms with E-state index in [2.05, 4.69) is 15.6 Å². The maximum Gasteiger partial charge on any atom is 0.191 e. The highest BCUT2D eigenvalue weighted by atomic mass is 127. The summed E-state index contributed by atoms with van der Waals surface area (Å²) in [5.41, 5.74) is 1.60. The number of nitrogens with one attached hydrogen (secondary N) is 2. The molecule has 0 heterocycles. The predicted octanol–water partition coefficient (Wildman–Crippen LogP) is 4.32. The molecule has 2 rings (SSSR count). The van der Waals surface area contributed by atoms with Gasteiger partial charge in [-0.25, -0.2) is 0 Å². The summed E-state index contributed by atoms with van der Waals surface area (Å²) < 4.78 is 10.8. The van der Waals surface area contributed by atoms with E-state index in [1.165, 1.54) is 0 Å². The summed E-state index contributed by atoms with van der Waals surface area (Å²) in [4.78, 5) is 4.51. The van der Waals surface area contributed by atoms with Crippen LogP contribution in [0, 0.1) is 0 Å². The van der Waals surface area contributed by atoms with Gasteiger partial charge in [0.05, 0.1) is 26.8 Å². The first-order chi connectivity index (χ1) is 13.5. The Morgan fingerprint density at radius 3 is 2.48 bits per heavy atom. The normalized spacial score (nSPS) is 13.1. The van der Waals surface area contributed by atoms with Gasteiger partial charge in [-0.15, -0.1) is 24.0 Å². The summed E-state index contributed by atoms with van der Waals surface area (Å²) in [5, 5.41) is 17.5. The maximum atomic E-state index is 10.4. The summed E-state index contributed by atoms with van der Waals surface area (Å²) in [7, 11) is 3.27. The summed E-state index contributed by atoms with van der Waals surface area (Å²) >= 11 is 6.16. The first kappa shape index (κ1) is 25.3. The third-order valence-corrected chi connectivity index (χ3v) is 4.63. The highest BCUT2D eigenvalue weighted by molar-refractivity contribution is 14.0. The third kappa shape index (κ3) is 7.24. The lowest BCUT2D eigenvalue weighted by Crippen LogP contribution is -2.39. The van der Waals surface area contributed by atoms with E-state index in [0.717, 1.165) is 17.1 Å². The van der Waals surface area contributed by atoms with Crippen LogP contribution < -0.4 is 20.1 Å². The average molecular weight is 534 g/mol. The van der Waals surface area contributed by atoms with Gasteiger partial charge in [0.25, 0.3) is 0 Å². The van der Waals surface area contributed by atoms with Gasteiger partial charge in [0, 0.05) is 22.7 Å². The van der Waals surface area contributed by atoms with Gasteiger partial charge < -0.3 is 25.2 Å². The number of hydrogen-bond acceptors (Lipinski definition) is 4. The van der Waals surface area contributed by atoms with Crippen molar-refractivity contribution < 1.29 is 14.6 Å². The number of benzene rings is 2. The molecule has 2 unspecified atom stereocenters. The van der Waals surface area contributed by atoms with Gasteiger partial charge in [0.2, 0.25) is 0 Å². The van der Waals surface area contributed by atoms with Gasteiger partial charge >= 0.3 is 0 Å². The van der Waals surface area contributed by atoms with Crippen LogP contribution in [-0.4, -0.2) is 38.4 Å². The van der Waals surface area contributed by atoms with Crippen LogP contribution >= 0.6 is 35.6 Å². The Balaban J connectivity index is 0.00000420. The van der Waals surface area contributed by atoms with Crippen LogP contribution in [0.4, 0.5) is 0 Å². The largest absolute Gasteiger partial charge is 0.497 e. The van der Waals surface area contributed by atoms with E-state index in [9.17, 15) is 5.11 Å². The lowest BCUT2D eigenvalue weighted by molar-refractivity contribution is 0.187. The van der Waals surface area contributed by atoms with Crippen molar-refractivity contribution in [3.05, 3.63) is 58.6 Å². The van der Waals surface area contributed by atoms with Gasteiger partial charge in [-0.3, -0.25) is 4.99 Å². The number of hydrogen-bond donors (Lipinski definition) is 3. The van der Waals surface area contributed by atoms with E-state index in [1.54, 1.807) is 26.4 Å². The number of aliphatic imine (C=N–C) groups is 1. The number of halogens is 2. The fraction of sp³-hybridized carbons (Fsp3) is 0.381. The molecule has 0 aliphatic rings. The highest BCUT2D eigenvalue weighted by Gasteiger charge is 2.15. The van der Waals surface area contributed by atoms with Crippen molar-refractivity contribution in [3.8, 4) is 11.5 Å². The molecule has 0 aromatic heterocycles. The van der Waals surface area contributed by atoms with Crippen molar-refractivity contribution in [1.29, 1.82) is 0 Å². The number of methoxy groups -OCH3 is 2. The molecule has 160 valence electrons. The molecule has 0 aliphatic carbocycles. The van der Waals surface area contributed by atoms with Crippen molar-refractivity contribution >= 4 is 41.5 Å². The number of aliphatic hydroxyl groups is 1. The summed E-state index contributed by atoms with van der Waals surface area (Å²) in [6, 6.07) is 12.8. The molecule has 0 saturated heterocycles. The lowest BCUT2D eigenvalue weighted by atomic mass is 10.1. The molecule has 8 heteroatoms. The Morgan fingerprint density at radius 2 is 1.86 bits per heavy atom. The average Bonchev–Trinajstić information content (AvgIpc) is 2.71. The molecule has 6 nitrogen and oxygen atoms in total. The minimum Gasteiger partial charge on any atom is -0.497 e. The van der Waals surface area contributed by atoms with Crippen LogP contribution in [0.15, 0.2) is 47.5 Å². The number of nitrogens with zero attached hydrogens (tertiary/aromatic N) is 1. The molecule has 2 aromatic rings. The summed E-state index contributed by atoms with van der Waals surface area (Å²) in [6.45, 7) is 4.87. The third-order valence-electron chi connectivity index (χ3n) is 4.29. The van der Waals surface area contributed by atoms with E-state index in [-0.39, 0.29) is 36.6 Å². The monoisotopic (exact) mass is 533 g/mol. The Kier molecular flexibility index (Phi) is 11.2. The fourth-order valence-corrected chi connectivity index (χ4v) is 3.06. The number of aliphatic hydroxyl groups excluding tert-OH is 1. The zero-order valence-electron chi connectivity index (χ0n) is 17.1. The molecule has 2 aromatic carbocycles. The Hall–Kier alpha value is -1.71. The second-order valence-electron chi connectivity index (χ2n) is 6.23. The van der Waals surface area contributed by atoms with Crippen molar-refractivity contribution in [1.82, 2.24) is 10.6 Å². The van der Waals surface area contributed by atoms with Crippen molar-refractivity contribution in [2.24, 2.45) is 4.99 Å². The molecule has 0 radical (unpaired) electrons. The zero-order chi connectivity index (χ0) is 20.5. The molecule has 0 amide bonds. The van der Waals surface area contributed by atoms with Crippen LogP contribution in [0.5, 0.6) is 11.5 Å². The molecular weight excluding hydrogens is 505 g/mol. The highest BCUT2D eigenvalue weighted by Crippen LogP contribution is 2.29. The Bertz CT molecular complexity index is 804. The molecule has 0 saturated carbocycles. The van der Waals surface area contributed by atoms with E-state index in [4.69, 9.17) is 21.1 Å². The number of guanidine groups is 1. The van der Waals surface area contributed by atoms with Gasteiger partial charge in [-0.05, 0) is 38.1 Å². The SMILES string of the molecule is CCNC(=NCC(O)c1ccccc1Cl)NC(C)c1cc(OC)ccc1OC.I. The van der Waals surface area contributed by atoms with Crippen molar-refractivity contribution in [2.75, 3.05) is 27.3 Å². The molecule has 0 fully saturated rings. The van der Waals surface area contributed by atoms with E-state index >= 15 is 0 Å². The van der Waals surface area contributed by atoms with Gasteiger partial charge in [-0.1, -0.05) is 29.8 Å². The van der Waals surface area contributed by atoms with Gasteiger partial charge in [0.1, 0.15) is 17.6 Å². The van der Waals surface area contributed by atoms with Crippen molar-refractivity contribution in [2.45, 2.75) is 26.0 Å². The molecular formula is C21H29ClIN3O3. The Labute approximate surface area is 194 Å². The molecule has 0 aliphatic heterocycles. The van der Waals surface area contributed by atoms with E-state index in [0.29, 0.717) is 23.1 Å². The van der Waals surface area contributed by atoms with E-state index in [1.807, 2.05) is 44.2 Å². The van der Waals surface area contributed by atoms with Gasteiger partial charge in [-0.2, -0.15) is 0 Å². The van der Waals surface area contributed by atoms with E-state index < -0.39 is 6.10 Å². The fourth-order valence-electron chi connectivity index (χ4n) is 2.80. The second-order valence-corrected chi connectivity index (χ2v) is 6.64. The topological polar surface area (TPSA) is 75.1 Å². The van der Waals surface area contributed by atoms with Crippen molar-refractivity contribution in [3.63, 3.8) is 0 Å². The van der Waals surface area contributed by atoms with Crippen LogP contribution in [0.25, 0.3) is 0 Å². The number of rotatable bonds is 8. The minimum atomic E-state index is -0.786. The number of ether oxygens (including phenoxy) is 2. The van der Waals surface area contributed by atoms with Crippen LogP contribution in [0.3, 0.4) is 0 Å². The molecule has 0 bridgehead atoms. The first-order valence-electron chi connectivity index (χ1n) is 9.19. The molecule has 29 heavy (non-hydrogen) atoms. The zero-order valence-corrected chi connectivity index (χ0v) is 20.2. The van der Waals surface area contributed by atoms with Gasteiger partial charge in [0.15, 0.2) is 5.96 Å². The minimum absolute atomic E-state index is 0. The second kappa shape index (κ2) is 12.8. The van der Waals surface area contributed by atoms with Crippen LogP contribution in [-0.2, 0) is 0 Å². The predicted molar refractivity (Wildman–Crippen MR) is 129 cm³/mol. The summed E-state index contributed by atoms with van der Waals surface area (Å²) in [5.74, 6) is 2.10. The smallest absolute Gasteiger partial charge is 0.191 e. The quantitative estimate of drug-likeness (QED) is 0.268. The molecule has 0 spiro atoms. The summed E-state index contributed by atoms with van der Waals surface area (Å²) in [6.07, 6.45) is -0.786.